The Hall–Kier alpha value is -2.54. The fourth-order valence-electron chi connectivity index (χ4n) is 2.47. The summed E-state index contributed by atoms with van der Waals surface area (Å²) in [5.74, 6) is 1.97. The Bertz CT molecular complexity index is 725. The number of aryl methyl sites for hydroxylation is 1. The minimum Gasteiger partial charge on any atom is -0.493 e. The Morgan fingerprint density at radius 2 is 2.04 bits per heavy atom. The number of aromatic nitrogens is 2. The van der Waals surface area contributed by atoms with Crippen LogP contribution in [0.1, 0.15) is 30.9 Å². The fourth-order valence-corrected chi connectivity index (χ4v) is 2.47. The number of nitrogens with one attached hydrogen (secondary N) is 1. The zero-order chi connectivity index (χ0) is 18.4. The minimum atomic E-state index is -0.0607. The van der Waals surface area contributed by atoms with Crippen molar-refractivity contribution in [3.8, 4) is 11.5 Å². The quantitative estimate of drug-likeness (QED) is 0.765. The third-order valence-electron chi connectivity index (χ3n) is 3.89. The van der Waals surface area contributed by atoms with Crippen LogP contribution in [0.5, 0.6) is 11.5 Å². The molecule has 0 radical (unpaired) electrons. The summed E-state index contributed by atoms with van der Waals surface area (Å²) in [6.45, 7) is 4.32. The van der Waals surface area contributed by atoms with Gasteiger partial charge in [-0.3, -0.25) is 4.79 Å². The van der Waals surface area contributed by atoms with E-state index in [2.05, 4.69) is 10.4 Å². The zero-order valence-electron chi connectivity index (χ0n) is 15.2. The number of nitrogens with two attached hydrogens (primary N) is 1. The number of benzene rings is 1. The van der Waals surface area contributed by atoms with Crippen LogP contribution in [-0.4, -0.2) is 35.9 Å². The first kappa shape index (κ1) is 18.8. The second kappa shape index (κ2) is 8.53. The SMILES string of the molecule is COc1ccc(Cn2ncc(C)c2NC(=O)CCC(C)N)cc1OC. The molecule has 1 aromatic carbocycles. The van der Waals surface area contributed by atoms with Gasteiger partial charge < -0.3 is 20.5 Å². The maximum absolute atomic E-state index is 12.1. The molecule has 1 heterocycles. The van der Waals surface area contributed by atoms with E-state index in [4.69, 9.17) is 15.2 Å². The van der Waals surface area contributed by atoms with E-state index in [1.807, 2.05) is 32.0 Å². The van der Waals surface area contributed by atoms with Crippen molar-refractivity contribution < 1.29 is 14.3 Å². The van der Waals surface area contributed by atoms with Crippen LogP contribution in [0.25, 0.3) is 0 Å². The van der Waals surface area contributed by atoms with Gasteiger partial charge in [0.25, 0.3) is 0 Å². The Morgan fingerprint density at radius 3 is 2.68 bits per heavy atom. The molecule has 7 heteroatoms. The molecule has 0 spiro atoms. The second-order valence-electron chi connectivity index (χ2n) is 6.09. The van der Waals surface area contributed by atoms with Crippen molar-refractivity contribution in [1.29, 1.82) is 0 Å². The summed E-state index contributed by atoms with van der Waals surface area (Å²) in [4.78, 5) is 12.1. The molecule has 1 unspecified atom stereocenters. The number of anilines is 1. The van der Waals surface area contributed by atoms with Crippen LogP contribution >= 0.6 is 0 Å². The lowest BCUT2D eigenvalue weighted by molar-refractivity contribution is -0.116. The summed E-state index contributed by atoms with van der Waals surface area (Å²) in [7, 11) is 3.20. The van der Waals surface area contributed by atoms with Gasteiger partial charge in [-0.1, -0.05) is 6.07 Å². The van der Waals surface area contributed by atoms with Gasteiger partial charge in [-0.2, -0.15) is 5.10 Å². The topological polar surface area (TPSA) is 91.4 Å². The Morgan fingerprint density at radius 1 is 1.32 bits per heavy atom. The molecule has 0 fully saturated rings. The van der Waals surface area contributed by atoms with Crippen molar-refractivity contribution >= 4 is 11.7 Å². The van der Waals surface area contributed by atoms with Gasteiger partial charge in [0, 0.05) is 18.0 Å². The van der Waals surface area contributed by atoms with Gasteiger partial charge in [-0.25, -0.2) is 4.68 Å². The van der Waals surface area contributed by atoms with E-state index in [0.29, 0.717) is 36.7 Å². The summed E-state index contributed by atoms with van der Waals surface area (Å²) >= 11 is 0. The molecule has 0 aliphatic rings. The first-order valence-electron chi connectivity index (χ1n) is 8.23. The zero-order valence-corrected chi connectivity index (χ0v) is 15.2. The lowest BCUT2D eigenvalue weighted by Gasteiger charge is -2.13. The number of ether oxygens (including phenoxy) is 2. The van der Waals surface area contributed by atoms with Gasteiger partial charge in [-0.05, 0) is 38.0 Å². The number of hydrogen-bond donors (Lipinski definition) is 2. The molecule has 1 atom stereocenters. The summed E-state index contributed by atoms with van der Waals surface area (Å²) in [5, 5.41) is 7.30. The third kappa shape index (κ3) is 4.96. The normalized spacial score (nSPS) is 11.9. The van der Waals surface area contributed by atoms with Crippen molar-refractivity contribution in [2.24, 2.45) is 5.73 Å². The maximum atomic E-state index is 12.1. The molecule has 136 valence electrons. The molecule has 7 nitrogen and oxygen atoms in total. The highest BCUT2D eigenvalue weighted by Crippen LogP contribution is 2.28. The van der Waals surface area contributed by atoms with E-state index in [0.717, 1.165) is 11.1 Å². The number of carbonyl (C=O) groups excluding carboxylic acids is 1. The van der Waals surface area contributed by atoms with Crippen LogP contribution in [0.4, 0.5) is 5.82 Å². The highest BCUT2D eigenvalue weighted by molar-refractivity contribution is 5.90. The molecule has 0 aliphatic heterocycles. The smallest absolute Gasteiger partial charge is 0.225 e. The van der Waals surface area contributed by atoms with Crippen molar-refractivity contribution in [1.82, 2.24) is 9.78 Å². The largest absolute Gasteiger partial charge is 0.493 e. The van der Waals surface area contributed by atoms with Crippen LogP contribution in [0.2, 0.25) is 0 Å². The third-order valence-corrected chi connectivity index (χ3v) is 3.89. The summed E-state index contributed by atoms with van der Waals surface area (Å²) in [5.41, 5.74) is 7.61. The molecule has 2 aromatic rings. The molecule has 2 rings (SSSR count). The van der Waals surface area contributed by atoms with Crippen LogP contribution in [0, 0.1) is 6.92 Å². The van der Waals surface area contributed by atoms with E-state index in [1.165, 1.54) is 0 Å². The molecule has 25 heavy (non-hydrogen) atoms. The molecule has 1 aromatic heterocycles. The van der Waals surface area contributed by atoms with Crippen LogP contribution in [-0.2, 0) is 11.3 Å². The Labute approximate surface area is 148 Å². The molecular formula is C18H26N4O3. The fraction of sp³-hybridized carbons (Fsp3) is 0.444. The average Bonchev–Trinajstić information content (AvgIpc) is 2.93. The Balaban J connectivity index is 2.14. The summed E-state index contributed by atoms with van der Waals surface area (Å²) in [6.07, 6.45) is 2.77. The first-order chi connectivity index (χ1) is 11.9. The molecule has 0 bridgehead atoms. The van der Waals surface area contributed by atoms with E-state index >= 15 is 0 Å². The molecule has 0 saturated heterocycles. The standard InChI is InChI=1S/C18H26N4O3/c1-12-10-20-22(18(12)21-17(23)8-5-13(2)19)11-14-6-7-15(24-3)16(9-14)25-4/h6-7,9-10,13H,5,8,11,19H2,1-4H3,(H,21,23). The number of amides is 1. The van der Waals surface area contributed by atoms with Gasteiger partial charge >= 0.3 is 0 Å². The van der Waals surface area contributed by atoms with E-state index in [9.17, 15) is 4.79 Å². The van der Waals surface area contributed by atoms with Crippen LogP contribution in [0.15, 0.2) is 24.4 Å². The number of hydrogen-bond acceptors (Lipinski definition) is 5. The van der Waals surface area contributed by atoms with Gasteiger partial charge in [-0.15, -0.1) is 0 Å². The molecule has 0 saturated carbocycles. The van der Waals surface area contributed by atoms with Crippen molar-refractivity contribution in [2.45, 2.75) is 39.3 Å². The second-order valence-corrected chi connectivity index (χ2v) is 6.09. The monoisotopic (exact) mass is 346 g/mol. The molecule has 0 aliphatic carbocycles. The van der Waals surface area contributed by atoms with E-state index < -0.39 is 0 Å². The highest BCUT2D eigenvalue weighted by atomic mass is 16.5. The number of carbonyl (C=O) groups is 1. The average molecular weight is 346 g/mol. The van der Waals surface area contributed by atoms with Crippen LogP contribution < -0.4 is 20.5 Å². The summed E-state index contributed by atoms with van der Waals surface area (Å²) < 4.78 is 12.4. The number of rotatable bonds is 8. The number of methoxy groups -OCH3 is 2. The maximum Gasteiger partial charge on any atom is 0.225 e. The van der Waals surface area contributed by atoms with Crippen molar-refractivity contribution in [3.05, 3.63) is 35.5 Å². The number of nitrogens with zero attached hydrogens (tertiary/aromatic N) is 2. The van der Waals surface area contributed by atoms with E-state index in [1.54, 1.807) is 25.1 Å². The van der Waals surface area contributed by atoms with Gasteiger partial charge in [0.15, 0.2) is 11.5 Å². The predicted molar refractivity (Wildman–Crippen MR) is 97.1 cm³/mol. The molecule has 1 amide bonds. The van der Waals surface area contributed by atoms with Gasteiger partial charge in [0.1, 0.15) is 5.82 Å². The van der Waals surface area contributed by atoms with Crippen LogP contribution in [0.3, 0.4) is 0 Å². The van der Waals surface area contributed by atoms with Gasteiger partial charge in [0.05, 0.1) is 27.0 Å². The lowest BCUT2D eigenvalue weighted by Crippen LogP contribution is -2.21. The lowest BCUT2D eigenvalue weighted by atomic mass is 10.2. The summed E-state index contributed by atoms with van der Waals surface area (Å²) in [6, 6.07) is 5.70. The Kier molecular flexibility index (Phi) is 6.41. The first-order valence-corrected chi connectivity index (χ1v) is 8.23. The van der Waals surface area contributed by atoms with Crippen molar-refractivity contribution in [2.75, 3.05) is 19.5 Å². The van der Waals surface area contributed by atoms with Gasteiger partial charge in [0.2, 0.25) is 5.91 Å². The molecular weight excluding hydrogens is 320 g/mol. The van der Waals surface area contributed by atoms with E-state index in [-0.39, 0.29) is 11.9 Å². The predicted octanol–water partition coefficient (Wildman–Crippen LogP) is 2.32. The molecule has 3 N–H and O–H groups in total. The highest BCUT2D eigenvalue weighted by Gasteiger charge is 2.13. The minimum absolute atomic E-state index is 0.00326. The van der Waals surface area contributed by atoms with Crippen molar-refractivity contribution in [3.63, 3.8) is 0 Å².